The molecule has 0 saturated carbocycles. The molecule has 5 heteroatoms. The Morgan fingerprint density at radius 3 is 2.76 bits per heavy atom. The van der Waals surface area contributed by atoms with Crippen molar-refractivity contribution in [3.05, 3.63) is 48.0 Å². The van der Waals surface area contributed by atoms with E-state index in [9.17, 15) is 4.79 Å². The molecule has 1 aromatic heterocycles. The van der Waals surface area contributed by atoms with Gasteiger partial charge in [-0.25, -0.2) is 4.98 Å². The van der Waals surface area contributed by atoms with E-state index in [-0.39, 0.29) is 11.9 Å². The molecule has 1 saturated heterocycles. The summed E-state index contributed by atoms with van der Waals surface area (Å²) in [5, 5.41) is 3.13. The van der Waals surface area contributed by atoms with Crippen molar-refractivity contribution in [2.75, 3.05) is 18.4 Å². The number of piperidine rings is 1. The molecule has 2 aliphatic rings. The van der Waals surface area contributed by atoms with E-state index >= 15 is 0 Å². The van der Waals surface area contributed by atoms with Crippen LogP contribution in [0.3, 0.4) is 0 Å². The summed E-state index contributed by atoms with van der Waals surface area (Å²) >= 11 is 0. The normalized spacial score (nSPS) is 22.3. The second-order valence-corrected chi connectivity index (χ2v) is 7.34. The minimum absolute atomic E-state index is 0.00140. The van der Waals surface area contributed by atoms with E-state index in [4.69, 9.17) is 0 Å². The molecule has 1 aromatic carbocycles. The number of hydrogen-bond acceptors (Lipinski definition) is 3. The van der Waals surface area contributed by atoms with Gasteiger partial charge in [0.1, 0.15) is 5.82 Å². The summed E-state index contributed by atoms with van der Waals surface area (Å²) in [6.07, 6.45) is 9.09. The van der Waals surface area contributed by atoms with Crippen molar-refractivity contribution < 1.29 is 4.79 Å². The van der Waals surface area contributed by atoms with Crippen LogP contribution in [0.5, 0.6) is 0 Å². The highest BCUT2D eigenvalue weighted by Crippen LogP contribution is 2.27. The van der Waals surface area contributed by atoms with E-state index < -0.39 is 0 Å². The number of likely N-dealkylation sites (tertiary alicyclic amines) is 1. The predicted molar refractivity (Wildman–Crippen MR) is 98.4 cm³/mol. The van der Waals surface area contributed by atoms with Crippen molar-refractivity contribution in [3.8, 4) is 0 Å². The number of aryl methyl sites for hydroxylation is 2. The smallest absolute Gasteiger partial charge is 0.241 e. The first-order valence-corrected chi connectivity index (χ1v) is 9.30. The average molecular weight is 338 g/mol. The fourth-order valence-corrected chi connectivity index (χ4v) is 4.17. The average Bonchev–Trinajstić information content (AvgIpc) is 2.94. The Hall–Kier alpha value is -2.14. The molecule has 2 aliphatic heterocycles. The zero-order chi connectivity index (χ0) is 17.2. The van der Waals surface area contributed by atoms with Crippen LogP contribution >= 0.6 is 0 Å². The van der Waals surface area contributed by atoms with Crippen LogP contribution in [0, 0.1) is 5.92 Å². The Labute approximate surface area is 149 Å². The van der Waals surface area contributed by atoms with Crippen LogP contribution in [-0.2, 0) is 24.7 Å². The lowest BCUT2D eigenvalue weighted by atomic mass is 9.91. The maximum absolute atomic E-state index is 12.7. The van der Waals surface area contributed by atoms with E-state index in [1.54, 1.807) is 0 Å². The van der Waals surface area contributed by atoms with Gasteiger partial charge in [-0.05, 0) is 56.3 Å². The third-order valence-corrected chi connectivity index (χ3v) is 5.75. The molecule has 0 unspecified atom stereocenters. The number of hydrogen-bond donors (Lipinski definition) is 1. The van der Waals surface area contributed by atoms with Crippen molar-refractivity contribution in [1.29, 1.82) is 0 Å². The van der Waals surface area contributed by atoms with Crippen LogP contribution in [0.4, 0.5) is 5.69 Å². The first-order chi connectivity index (χ1) is 12.2. The minimum Gasteiger partial charge on any atom is -0.338 e. The van der Waals surface area contributed by atoms with E-state index in [2.05, 4.69) is 38.9 Å². The first-order valence-electron chi connectivity index (χ1n) is 9.30. The maximum atomic E-state index is 12.7. The van der Waals surface area contributed by atoms with E-state index in [1.165, 1.54) is 11.4 Å². The molecular formula is C20H26N4O. The van der Waals surface area contributed by atoms with Gasteiger partial charge in [0, 0.05) is 31.5 Å². The van der Waals surface area contributed by atoms with Gasteiger partial charge in [0.05, 0.1) is 6.04 Å². The zero-order valence-corrected chi connectivity index (χ0v) is 14.8. The number of rotatable bonds is 3. The number of benzene rings is 1. The number of imidazole rings is 1. The Bertz CT molecular complexity index is 746. The molecule has 25 heavy (non-hydrogen) atoms. The third kappa shape index (κ3) is 3.47. The largest absolute Gasteiger partial charge is 0.338 e. The predicted octanol–water partition coefficient (Wildman–Crippen LogP) is 2.63. The Balaban J connectivity index is 1.36. The maximum Gasteiger partial charge on any atom is 0.241 e. The summed E-state index contributed by atoms with van der Waals surface area (Å²) in [7, 11) is 2.06. The molecule has 0 spiro atoms. The first kappa shape index (κ1) is 16.3. The summed E-state index contributed by atoms with van der Waals surface area (Å²) < 4.78 is 2.11. The van der Waals surface area contributed by atoms with Crippen molar-refractivity contribution in [2.45, 2.75) is 38.1 Å². The molecule has 1 fully saturated rings. The van der Waals surface area contributed by atoms with E-state index in [1.807, 2.05) is 24.5 Å². The lowest BCUT2D eigenvalue weighted by molar-refractivity contribution is -0.122. The van der Waals surface area contributed by atoms with E-state index in [0.717, 1.165) is 50.9 Å². The second-order valence-electron chi connectivity index (χ2n) is 7.34. The lowest BCUT2D eigenvalue weighted by Crippen LogP contribution is -2.47. The molecule has 0 bridgehead atoms. The number of carbonyl (C=O) groups is 1. The SMILES string of the molecule is Cn1ccnc1CC1CCN([C@@H]2CCc3ccccc3NC2=O)CC1. The Morgan fingerprint density at radius 1 is 1.20 bits per heavy atom. The van der Waals surface area contributed by atoms with Gasteiger partial charge >= 0.3 is 0 Å². The van der Waals surface area contributed by atoms with Crippen LogP contribution in [0.15, 0.2) is 36.7 Å². The molecule has 0 aliphatic carbocycles. The van der Waals surface area contributed by atoms with Crippen LogP contribution in [0.1, 0.15) is 30.7 Å². The van der Waals surface area contributed by atoms with Gasteiger partial charge in [0.2, 0.25) is 5.91 Å². The van der Waals surface area contributed by atoms with Gasteiger partial charge in [0.25, 0.3) is 0 Å². The minimum atomic E-state index is 0.00140. The monoisotopic (exact) mass is 338 g/mol. The number of amides is 1. The summed E-state index contributed by atoms with van der Waals surface area (Å²) in [5.41, 5.74) is 2.24. The van der Waals surface area contributed by atoms with Crippen molar-refractivity contribution in [2.24, 2.45) is 13.0 Å². The number of carbonyl (C=O) groups excluding carboxylic acids is 1. The highest BCUT2D eigenvalue weighted by Gasteiger charge is 2.31. The molecule has 1 atom stereocenters. The Kier molecular flexibility index (Phi) is 4.57. The fourth-order valence-electron chi connectivity index (χ4n) is 4.17. The zero-order valence-electron chi connectivity index (χ0n) is 14.8. The molecule has 5 nitrogen and oxygen atoms in total. The highest BCUT2D eigenvalue weighted by molar-refractivity contribution is 5.96. The van der Waals surface area contributed by atoms with Crippen LogP contribution in [0.25, 0.3) is 0 Å². The molecule has 3 heterocycles. The summed E-state index contributed by atoms with van der Waals surface area (Å²) in [4.78, 5) is 19.5. The van der Waals surface area contributed by atoms with Crippen LogP contribution < -0.4 is 5.32 Å². The lowest BCUT2D eigenvalue weighted by Gasteiger charge is -2.36. The van der Waals surface area contributed by atoms with E-state index in [0.29, 0.717) is 5.92 Å². The molecule has 0 radical (unpaired) electrons. The highest BCUT2D eigenvalue weighted by atomic mass is 16.2. The van der Waals surface area contributed by atoms with Gasteiger partial charge in [0.15, 0.2) is 0 Å². The van der Waals surface area contributed by atoms with Gasteiger partial charge in [-0.1, -0.05) is 18.2 Å². The number of aromatic nitrogens is 2. The van der Waals surface area contributed by atoms with Crippen LogP contribution in [-0.4, -0.2) is 39.5 Å². The summed E-state index contributed by atoms with van der Waals surface area (Å²) in [6.45, 7) is 2.01. The molecule has 1 N–H and O–H groups in total. The van der Waals surface area contributed by atoms with Crippen molar-refractivity contribution in [3.63, 3.8) is 0 Å². The summed E-state index contributed by atoms with van der Waals surface area (Å²) in [6, 6.07) is 8.17. The number of nitrogens with one attached hydrogen (secondary N) is 1. The molecule has 132 valence electrons. The van der Waals surface area contributed by atoms with Crippen molar-refractivity contribution >= 4 is 11.6 Å². The standard InChI is InChI=1S/C20H26N4O/c1-23-13-10-21-19(23)14-15-8-11-24(12-9-15)18-7-6-16-4-2-3-5-17(16)22-20(18)25/h2-5,10,13,15,18H,6-9,11-12,14H2,1H3,(H,22,25)/t18-/m1/s1. The van der Waals surface area contributed by atoms with Gasteiger partial charge in [-0.2, -0.15) is 0 Å². The quantitative estimate of drug-likeness (QED) is 0.936. The molecule has 4 rings (SSSR count). The van der Waals surface area contributed by atoms with Crippen molar-refractivity contribution in [1.82, 2.24) is 14.5 Å². The summed E-state index contributed by atoms with van der Waals surface area (Å²) in [5.74, 6) is 2.00. The number of anilines is 1. The molecular weight excluding hydrogens is 312 g/mol. The number of nitrogens with zero attached hydrogens (tertiary/aromatic N) is 3. The van der Waals surface area contributed by atoms with Crippen LogP contribution in [0.2, 0.25) is 0 Å². The van der Waals surface area contributed by atoms with Gasteiger partial charge < -0.3 is 9.88 Å². The Morgan fingerprint density at radius 2 is 2.00 bits per heavy atom. The third-order valence-electron chi connectivity index (χ3n) is 5.75. The number of para-hydroxylation sites is 1. The molecule has 2 aromatic rings. The van der Waals surface area contributed by atoms with Gasteiger partial charge in [-0.15, -0.1) is 0 Å². The second kappa shape index (κ2) is 7.00. The topological polar surface area (TPSA) is 50.2 Å². The van der Waals surface area contributed by atoms with Gasteiger partial charge in [-0.3, -0.25) is 9.69 Å². The number of fused-ring (bicyclic) bond motifs is 1. The molecule has 1 amide bonds. The fraction of sp³-hybridized carbons (Fsp3) is 0.500.